The van der Waals surface area contributed by atoms with Gasteiger partial charge in [-0.2, -0.15) is 14.9 Å². The van der Waals surface area contributed by atoms with Gasteiger partial charge in [0.1, 0.15) is 5.75 Å². The standard InChI is InChI=1S/C20H22N4OS/c1-5-25-18-8-6-16(7-9-18)19-22-23-20(26)24(19)21-12-17-11-14(3)13(2)10-15(17)4/h6-12H,5H2,1-4H3,(H,23,26)/b21-12-. The van der Waals surface area contributed by atoms with Gasteiger partial charge in [0.2, 0.25) is 4.77 Å². The van der Waals surface area contributed by atoms with Crippen molar-refractivity contribution in [2.24, 2.45) is 5.10 Å². The number of hydrogen-bond acceptors (Lipinski definition) is 4. The van der Waals surface area contributed by atoms with Crippen LogP contribution in [-0.4, -0.2) is 27.7 Å². The second-order valence-electron chi connectivity index (χ2n) is 6.16. The number of nitrogens with one attached hydrogen (secondary N) is 1. The minimum Gasteiger partial charge on any atom is -0.494 e. The first-order valence-corrected chi connectivity index (χ1v) is 8.93. The summed E-state index contributed by atoms with van der Waals surface area (Å²) in [6, 6.07) is 12.0. The smallest absolute Gasteiger partial charge is 0.216 e. The van der Waals surface area contributed by atoms with Crippen molar-refractivity contribution in [3.8, 4) is 17.1 Å². The molecule has 5 nitrogen and oxygen atoms in total. The van der Waals surface area contributed by atoms with Crippen molar-refractivity contribution in [2.45, 2.75) is 27.7 Å². The largest absolute Gasteiger partial charge is 0.494 e. The van der Waals surface area contributed by atoms with Crippen molar-refractivity contribution in [1.29, 1.82) is 0 Å². The van der Waals surface area contributed by atoms with E-state index in [9.17, 15) is 0 Å². The first-order chi connectivity index (χ1) is 12.5. The fraction of sp³-hybridized carbons (Fsp3) is 0.250. The van der Waals surface area contributed by atoms with Crippen molar-refractivity contribution in [3.63, 3.8) is 0 Å². The van der Waals surface area contributed by atoms with E-state index >= 15 is 0 Å². The second kappa shape index (κ2) is 7.66. The molecule has 0 atom stereocenters. The van der Waals surface area contributed by atoms with Crippen molar-refractivity contribution < 1.29 is 4.74 Å². The zero-order valence-corrected chi connectivity index (χ0v) is 16.2. The predicted molar refractivity (Wildman–Crippen MR) is 108 cm³/mol. The molecule has 0 amide bonds. The molecular formula is C20H22N4OS. The molecule has 1 heterocycles. The summed E-state index contributed by atoms with van der Waals surface area (Å²) in [5.41, 5.74) is 5.66. The Morgan fingerprint density at radius 2 is 1.81 bits per heavy atom. The highest BCUT2D eigenvalue weighted by Crippen LogP contribution is 2.21. The monoisotopic (exact) mass is 366 g/mol. The Balaban J connectivity index is 1.96. The van der Waals surface area contributed by atoms with Crippen molar-refractivity contribution in [3.05, 3.63) is 63.4 Å². The molecule has 26 heavy (non-hydrogen) atoms. The normalized spacial score (nSPS) is 11.2. The van der Waals surface area contributed by atoms with Crippen LogP contribution >= 0.6 is 12.2 Å². The van der Waals surface area contributed by atoms with Gasteiger partial charge in [-0.05, 0) is 92.5 Å². The Morgan fingerprint density at radius 3 is 2.50 bits per heavy atom. The summed E-state index contributed by atoms with van der Waals surface area (Å²) in [4.78, 5) is 0. The van der Waals surface area contributed by atoms with Gasteiger partial charge in [-0.3, -0.25) is 0 Å². The maximum absolute atomic E-state index is 5.49. The second-order valence-corrected chi connectivity index (χ2v) is 6.55. The predicted octanol–water partition coefficient (Wildman–Crippen LogP) is 4.81. The average Bonchev–Trinajstić information content (AvgIpc) is 2.99. The van der Waals surface area contributed by atoms with Crippen LogP contribution in [0.2, 0.25) is 0 Å². The summed E-state index contributed by atoms with van der Waals surface area (Å²) in [5.74, 6) is 1.49. The lowest BCUT2D eigenvalue weighted by Gasteiger charge is -2.06. The van der Waals surface area contributed by atoms with Crippen LogP contribution in [0.5, 0.6) is 5.75 Å². The molecule has 1 N–H and O–H groups in total. The Morgan fingerprint density at radius 1 is 1.12 bits per heavy atom. The van der Waals surface area contributed by atoms with Gasteiger partial charge in [-0.1, -0.05) is 6.07 Å². The molecule has 0 spiro atoms. The van der Waals surface area contributed by atoms with Crippen LogP contribution in [0.25, 0.3) is 11.4 Å². The van der Waals surface area contributed by atoms with E-state index in [1.165, 1.54) is 16.7 Å². The molecule has 0 aliphatic heterocycles. The molecule has 0 aliphatic carbocycles. The Labute approximate surface area is 158 Å². The minimum absolute atomic E-state index is 0.451. The van der Waals surface area contributed by atoms with Gasteiger partial charge in [0, 0.05) is 5.56 Å². The molecule has 6 heteroatoms. The first kappa shape index (κ1) is 18.1. The Bertz CT molecular complexity index is 1000. The van der Waals surface area contributed by atoms with Gasteiger partial charge in [0.25, 0.3) is 0 Å². The van der Waals surface area contributed by atoms with E-state index in [0.717, 1.165) is 16.9 Å². The Kier molecular flexibility index (Phi) is 5.32. The quantitative estimate of drug-likeness (QED) is 0.520. The van der Waals surface area contributed by atoms with Crippen LogP contribution in [0, 0.1) is 25.5 Å². The van der Waals surface area contributed by atoms with E-state index < -0.39 is 0 Å². The number of nitrogens with zero attached hydrogens (tertiary/aromatic N) is 3. The van der Waals surface area contributed by atoms with Crippen molar-refractivity contribution in [2.75, 3.05) is 6.61 Å². The third-order valence-electron chi connectivity index (χ3n) is 4.27. The van der Waals surface area contributed by atoms with Gasteiger partial charge < -0.3 is 4.74 Å². The number of benzene rings is 2. The van der Waals surface area contributed by atoms with E-state index in [-0.39, 0.29) is 0 Å². The fourth-order valence-electron chi connectivity index (χ4n) is 2.69. The number of aryl methyl sites for hydroxylation is 3. The highest BCUT2D eigenvalue weighted by Gasteiger charge is 2.09. The third kappa shape index (κ3) is 3.75. The summed E-state index contributed by atoms with van der Waals surface area (Å²) < 4.78 is 7.58. The number of aromatic nitrogens is 3. The molecule has 0 saturated heterocycles. The lowest BCUT2D eigenvalue weighted by atomic mass is 10.0. The lowest BCUT2D eigenvalue weighted by molar-refractivity contribution is 0.340. The number of ether oxygens (including phenoxy) is 1. The summed E-state index contributed by atoms with van der Waals surface area (Å²) in [6.07, 6.45) is 1.82. The highest BCUT2D eigenvalue weighted by molar-refractivity contribution is 7.71. The molecule has 134 valence electrons. The summed E-state index contributed by atoms with van der Waals surface area (Å²) >= 11 is 5.34. The molecule has 2 aromatic carbocycles. The van der Waals surface area contributed by atoms with Crippen LogP contribution in [0.1, 0.15) is 29.2 Å². The molecule has 0 fully saturated rings. The van der Waals surface area contributed by atoms with E-state index in [1.807, 2.05) is 37.4 Å². The van der Waals surface area contributed by atoms with Gasteiger partial charge in [-0.25, -0.2) is 5.10 Å². The summed E-state index contributed by atoms with van der Waals surface area (Å²) in [5, 5.41) is 11.7. The third-order valence-corrected chi connectivity index (χ3v) is 4.53. The van der Waals surface area contributed by atoms with Crippen molar-refractivity contribution in [1.82, 2.24) is 14.9 Å². The lowest BCUT2D eigenvalue weighted by Crippen LogP contribution is -1.97. The van der Waals surface area contributed by atoms with Crippen LogP contribution in [0.4, 0.5) is 0 Å². The van der Waals surface area contributed by atoms with E-state index in [1.54, 1.807) is 4.68 Å². The maximum atomic E-state index is 5.49. The molecule has 0 aliphatic rings. The van der Waals surface area contributed by atoms with Gasteiger partial charge in [-0.15, -0.1) is 0 Å². The van der Waals surface area contributed by atoms with Gasteiger partial charge >= 0.3 is 0 Å². The molecule has 0 radical (unpaired) electrons. The molecule has 3 rings (SSSR count). The number of hydrogen-bond donors (Lipinski definition) is 1. The summed E-state index contributed by atoms with van der Waals surface area (Å²) in [6.45, 7) is 8.89. The van der Waals surface area contributed by atoms with Crippen LogP contribution in [0.15, 0.2) is 41.5 Å². The molecule has 1 aromatic heterocycles. The van der Waals surface area contributed by atoms with Crippen LogP contribution in [0.3, 0.4) is 0 Å². The van der Waals surface area contributed by atoms with Crippen LogP contribution < -0.4 is 4.74 Å². The SMILES string of the molecule is CCOc1ccc(-c2n[nH]c(=S)n2/N=C\c2cc(C)c(C)cc2C)cc1. The van der Waals surface area contributed by atoms with Crippen molar-refractivity contribution >= 4 is 18.4 Å². The topological polar surface area (TPSA) is 55.2 Å². The Hall–Kier alpha value is -2.73. The average molecular weight is 366 g/mol. The van der Waals surface area contributed by atoms with Crippen LogP contribution in [-0.2, 0) is 0 Å². The van der Waals surface area contributed by atoms with Gasteiger partial charge in [0.15, 0.2) is 5.82 Å². The number of aromatic amines is 1. The molecule has 0 bridgehead atoms. The fourth-order valence-corrected chi connectivity index (χ4v) is 2.87. The highest BCUT2D eigenvalue weighted by atomic mass is 32.1. The zero-order chi connectivity index (χ0) is 18.7. The molecule has 0 saturated carbocycles. The molecule has 3 aromatic rings. The first-order valence-electron chi connectivity index (χ1n) is 8.52. The maximum Gasteiger partial charge on any atom is 0.216 e. The van der Waals surface area contributed by atoms with Gasteiger partial charge in [0.05, 0.1) is 12.8 Å². The minimum atomic E-state index is 0.451. The van der Waals surface area contributed by atoms with E-state index in [4.69, 9.17) is 17.0 Å². The number of H-pyrrole nitrogens is 1. The van der Waals surface area contributed by atoms with E-state index in [2.05, 4.69) is 48.2 Å². The molecular weight excluding hydrogens is 344 g/mol. The number of rotatable bonds is 5. The zero-order valence-electron chi connectivity index (χ0n) is 15.4. The van der Waals surface area contributed by atoms with E-state index in [0.29, 0.717) is 17.2 Å². The molecule has 0 unspecified atom stereocenters. The summed E-state index contributed by atoms with van der Waals surface area (Å²) in [7, 11) is 0.